The third-order valence-electron chi connectivity index (χ3n) is 5.61. The van der Waals surface area contributed by atoms with Crippen molar-refractivity contribution in [3.8, 4) is 6.07 Å². The standard InChI is InChI=1S/C23H25N5O2/c1-16-17(2)28(14-20-6-4-10-30-20)23(21(16)11-24)26-22(29)15-27(19-7-8-19)13-18-5-3-9-25-12-18/h3-6,9-10,12,19H,7-8,13-15H2,1-2H3,(H,26,29). The number of carbonyl (C=O) groups is 1. The second-order valence-electron chi connectivity index (χ2n) is 7.76. The Hall–Kier alpha value is -3.37. The predicted octanol–water partition coefficient (Wildman–Crippen LogP) is 3.62. The van der Waals surface area contributed by atoms with Crippen LogP contribution in [0, 0.1) is 25.2 Å². The van der Waals surface area contributed by atoms with E-state index in [0.29, 0.717) is 30.5 Å². The van der Waals surface area contributed by atoms with Crippen molar-refractivity contribution in [2.24, 2.45) is 0 Å². The SMILES string of the molecule is Cc1c(C#N)c(NC(=O)CN(Cc2cccnc2)C2CC2)n(Cc2ccco2)c1C. The maximum atomic E-state index is 13.0. The first-order valence-electron chi connectivity index (χ1n) is 10.1. The van der Waals surface area contributed by atoms with E-state index in [2.05, 4.69) is 21.3 Å². The zero-order chi connectivity index (χ0) is 21.1. The second-order valence-corrected chi connectivity index (χ2v) is 7.76. The van der Waals surface area contributed by atoms with Crippen LogP contribution in [0.2, 0.25) is 0 Å². The highest BCUT2D eigenvalue weighted by molar-refractivity contribution is 5.93. The fourth-order valence-electron chi connectivity index (χ4n) is 3.72. The lowest BCUT2D eigenvalue weighted by atomic mass is 10.2. The molecule has 0 aromatic carbocycles. The summed E-state index contributed by atoms with van der Waals surface area (Å²) in [5, 5.41) is 12.7. The Morgan fingerprint density at radius 2 is 2.20 bits per heavy atom. The molecule has 1 aliphatic carbocycles. The van der Waals surface area contributed by atoms with Crippen molar-refractivity contribution >= 4 is 11.7 Å². The van der Waals surface area contributed by atoms with Crippen molar-refractivity contribution in [2.45, 2.75) is 45.8 Å². The summed E-state index contributed by atoms with van der Waals surface area (Å²) < 4.78 is 7.41. The molecular weight excluding hydrogens is 378 g/mol. The quantitative estimate of drug-likeness (QED) is 0.621. The Morgan fingerprint density at radius 3 is 2.83 bits per heavy atom. The Morgan fingerprint density at radius 1 is 1.37 bits per heavy atom. The van der Waals surface area contributed by atoms with Gasteiger partial charge in [-0.1, -0.05) is 6.07 Å². The number of furan rings is 1. The summed E-state index contributed by atoms with van der Waals surface area (Å²) in [6.07, 6.45) is 7.41. The zero-order valence-electron chi connectivity index (χ0n) is 17.3. The summed E-state index contributed by atoms with van der Waals surface area (Å²) >= 11 is 0. The van der Waals surface area contributed by atoms with Gasteiger partial charge < -0.3 is 14.3 Å². The van der Waals surface area contributed by atoms with E-state index in [-0.39, 0.29) is 12.5 Å². The molecule has 1 fully saturated rings. The first kappa shape index (κ1) is 19.9. The van der Waals surface area contributed by atoms with Gasteiger partial charge in [0, 0.05) is 30.7 Å². The van der Waals surface area contributed by atoms with Crippen molar-refractivity contribution in [1.82, 2.24) is 14.5 Å². The zero-order valence-corrected chi connectivity index (χ0v) is 17.3. The highest BCUT2D eigenvalue weighted by Gasteiger charge is 2.31. The van der Waals surface area contributed by atoms with E-state index >= 15 is 0 Å². The molecule has 0 saturated heterocycles. The minimum absolute atomic E-state index is 0.125. The Bertz CT molecular complexity index is 1060. The van der Waals surface area contributed by atoms with Crippen LogP contribution in [-0.2, 0) is 17.9 Å². The normalized spacial score (nSPS) is 13.4. The van der Waals surface area contributed by atoms with E-state index in [0.717, 1.165) is 35.4 Å². The number of aromatic nitrogens is 2. The number of hydrogen-bond acceptors (Lipinski definition) is 5. The molecular formula is C23H25N5O2. The van der Waals surface area contributed by atoms with Crippen LogP contribution in [0.4, 0.5) is 5.82 Å². The number of pyridine rings is 1. The monoisotopic (exact) mass is 403 g/mol. The second kappa shape index (κ2) is 8.56. The van der Waals surface area contributed by atoms with Gasteiger partial charge in [-0.2, -0.15) is 5.26 Å². The Labute approximate surface area is 175 Å². The fourth-order valence-corrected chi connectivity index (χ4v) is 3.72. The van der Waals surface area contributed by atoms with Crippen LogP contribution in [0.25, 0.3) is 0 Å². The number of nitriles is 1. The molecule has 7 nitrogen and oxygen atoms in total. The molecule has 3 aromatic heterocycles. The first-order chi connectivity index (χ1) is 14.6. The number of nitrogens with zero attached hydrogens (tertiary/aromatic N) is 4. The van der Waals surface area contributed by atoms with Gasteiger partial charge in [0.05, 0.1) is 24.9 Å². The molecule has 1 saturated carbocycles. The van der Waals surface area contributed by atoms with Crippen LogP contribution in [0.1, 0.15) is 41.0 Å². The summed E-state index contributed by atoms with van der Waals surface area (Å²) in [5.74, 6) is 1.18. The van der Waals surface area contributed by atoms with Gasteiger partial charge in [0.1, 0.15) is 17.6 Å². The summed E-state index contributed by atoms with van der Waals surface area (Å²) in [7, 11) is 0. The summed E-state index contributed by atoms with van der Waals surface area (Å²) in [5.41, 5.74) is 3.39. The molecule has 4 rings (SSSR count). The minimum Gasteiger partial charge on any atom is -0.467 e. The third-order valence-corrected chi connectivity index (χ3v) is 5.61. The summed E-state index contributed by atoms with van der Waals surface area (Å²) in [6.45, 7) is 5.27. The van der Waals surface area contributed by atoms with Crippen LogP contribution in [0.15, 0.2) is 47.3 Å². The van der Waals surface area contributed by atoms with Crippen LogP contribution in [0.5, 0.6) is 0 Å². The highest BCUT2D eigenvalue weighted by Crippen LogP contribution is 2.30. The summed E-state index contributed by atoms with van der Waals surface area (Å²) in [4.78, 5) is 19.3. The predicted molar refractivity (Wildman–Crippen MR) is 113 cm³/mol. The molecule has 3 aromatic rings. The van der Waals surface area contributed by atoms with Crippen molar-refractivity contribution in [1.29, 1.82) is 5.26 Å². The smallest absolute Gasteiger partial charge is 0.239 e. The van der Waals surface area contributed by atoms with Crippen LogP contribution in [-0.4, -0.2) is 32.9 Å². The lowest BCUT2D eigenvalue weighted by molar-refractivity contribution is -0.117. The molecule has 0 aliphatic heterocycles. The van der Waals surface area contributed by atoms with Crippen molar-refractivity contribution < 1.29 is 9.21 Å². The van der Waals surface area contributed by atoms with E-state index in [4.69, 9.17) is 4.42 Å². The average molecular weight is 403 g/mol. The minimum atomic E-state index is -0.125. The topological polar surface area (TPSA) is 87.1 Å². The number of amides is 1. The van der Waals surface area contributed by atoms with E-state index in [1.165, 1.54) is 0 Å². The lowest BCUT2D eigenvalue weighted by Gasteiger charge is -2.21. The van der Waals surface area contributed by atoms with E-state index in [9.17, 15) is 10.1 Å². The maximum absolute atomic E-state index is 13.0. The number of hydrogen-bond donors (Lipinski definition) is 1. The van der Waals surface area contributed by atoms with Gasteiger partial charge in [0.25, 0.3) is 0 Å². The first-order valence-corrected chi connectivity index (χ1v) is 10.1. The van der Waals surface area contributed by atoms with Crippen molar-refractivity contribution in [2.75, 3.05) is 11.9 Å². The molecule has 7 heteroatoms. The van der Waals surface area contributed by atoms with Crippen LogP contribution < -0.4 is 5.32 Å². The number of nitrogens with one attached hydrogen (secondary N) is 1. The largest absolute Gasteiger partial charge is 0.467 e. The van der Waals surface area contributed by atoms with Crippen molar-refractivity contribution in [3.63, 3.8) is 0 Å². The highest BCUT2D eigenvalue weighted by atomic mass is 16.3. The maximum Gasteiger partial charge on any atom is 0.239 e. The van der Waals surface area contributed by atoms with Gasteiger partial charge in [-0.3, -0.25) is 14.7 Å². The van der Waals surface area contributed by atoms with Crippen LogP contribution in [0.3, 0.4) is 0 Å². The number of rotatable bonds is 8. The molecule has 1 N–H and O–H groups in total. The molecule has 3 heterocycles. The third kappa shape index (κ3) is 4.29. The summed E-state index contributed by atoms with van der Waals surface area (Å²) in [6, 6.07) is 10.3. The van der Waals surface area contributed by atoms with E-state index in [1.807, 2.05) is 48.9 Å². The van der Waals surface area contributed by atoms with Gasteiger partial charge in [-0.05, 0) is 56.0 Å². The number of carbonyl (C=O) groups excluding carboxylic acids is 1. The molecule has 30 heavy (non-hydrogen) atoms. The van der Waals surface area contributed by atoms with Gasteiger partial charge in [-0.15, -0.1) is 0 Å². The molecule has 0 bridgehead atoms. The number of anilines is 1. The van der Waals surface area contributed by atoms with Gasteiger partial charge in [0.15, 0.2) is 0 Å². The molecule has 1 aliphatic rings. The van der Waals surface area contributed by atoms with E-state index in [1.54, 1.807) is 12.5 Å². The molecule has 0 unspecified atom stereocenters. The van der Waals surface area contributed by atoms with Gasteiger partial charge >= 0.3 is 0 Å². The van der Waals surface area contributed by atoms with Crippen LogP contribution >= 0.6 is 0 Å². The average Bonchev–Trinajstić information content (AvgIpc) is 3.42. The Kier molecular flexibility index (Phi) is 5.68. The molecule has 0 radical (unpaired) electrons. The van der Waals surface area contributed by atoms with Gasteiger partial charge in [0.2, 0.25) is 5.91 Å². The molecule has 0 spiro atoms. The molecule has 154 valence electrons. The van der Waals surface area contributed by atoms with Crippen molar-refractivity contribution in [3.05, 3.63) is 71.1 Å². The Balaban J connectivity index is 1.53. The van der Waals surface area contributed by atoms with E-state index < -0.39 is 0 Å². The van der Waals surface area contributed by atoms with Gasteiger partial charge in [-0.25, -0.2) is 0 Å². The molecule has 0 atom stereocenters. The fraction of sp³-hybridized carbons (Fsp3) is 0.348. The molecule has 1 amide bonds. The lowest BCUT2D eigenvalue weighted by Crippen LogP contribution is -2.35.